The standard InChI is InChI=1S/C28H35ClN2O4/c1-28(2,3)35-27(34)31(18-16-20-9-5-6-10-23(20)29)17-8-7-11-25(32)22-12-14-24-21(19-22)13-15-26(33)30(24)4/h5-6,9-10,12,14,19H,7-8,11,13,15-18H2,1-4H3. The van der Waals surface area contributed by atoms with Crippen LogP contribution in [0.25, 0.3) is 0 Å². The topological polar surface area (TPSA) is 66.9 Å². The zero-order valence-electron chi connectivity index (χ0n) is 21.1. The first-order valence-electron chi connectivity index (χ1n) is 12.2. The Hall–Kier alpha value is -2.86. The summed E-state index contributed by atoms with van der Waals surface area (Å²) in [6.07, 6.45) is 3.16. The number of ketones is 1. The lowest BCUT2D eigenvalue weighted by Gasteiger charge is -2.27. The predicted octanol–water partition coefficient (Wildman–Crippen LogP) is 6.08. The molecule has 0 saturated carbocycles. The number of hydrogen-bond acceptors (Lipinski definition) is 4. The smallest absolute Gasteiger partial charge is 0.410 e. The molecule has 7 heteroatoms. The van der Waals surface area contributed by atoms with E-state index in [1.807, 2.05) is 57.2 Å². The Labute approximate surface area is 213 Å². The second-order valence-electron chi connectivity index (χ2n) is 9.99. The van der Waals surface area contributed by atoms with Gasteiger partial charge in [0, 0.05) is 49.3 Å². The Bertz CT molecular complexity index is 1080. The van der Waals surface area contributed by atoms with Crippen molar-refractivity contribution in [3.05, 3.63) is 64.2 Å². The summed E-state index contributed by atoms with van der Waals surface area (Å²) in [5.41, 5.74) is 2.99. The zero-order chi connectivity index (χ0) is 25.6. The molecule has 1 heterocycles. The van der Waals surface area contributed by atoms with Gasteiger partial charge in [-0.2, -0.15) is 0 Å². The molecule has 1 aliphatic heterocycles. The number of halogens is 1. The summed E-state index contributed by atoms with van der Waals surface area (Å²) in [7, 11) is 1.77. The van der Waals surface area contributed by atoms with Gasteiger partial charge in [-0.1, -0.05) is 29.8 Å². The van der Waals surface area contributed by atoms with Crippen LogP contribution in [0.2, 0.25) is 5.02 Å². The van der Waals surface area contributed by atoms with Crippen LogP contribution in [-0.2, 0) is 22.4 Å². The number of rotatable bonds is 9. The molecule has 188 valence electrons. The van der Waals surface area contributed by atoms with Crippen molar-refractivity contribution in [2.45, 2.75) is 64.9 Å². The molecule has 0 aromatic heterocycles. The number of carbonyl (C=O) groups excluding carboxylic acids is 3. The Balaban J connectivity index is 1.55. The Morgan fingerprint density at radius 1 is 1.06 bits per heavy atom. The van der Waals surface area contributed by atoms with E-state index >= 15 is 0 Å². The average molecular weight is 499 g/mol. The fraction of sp³-hybridized carbons (Fsp3) is 0.464. The molecule has 0 fully saturated rings. The van der Waals surface area contributed by atoms with E-state index in [2.05, 4.69) is 0 Å². The highest BCUT2D eigenvalue weighted by atomic mass is 35.5. The summed E-state index contributed by atoms with van der Waals surface area (Å²) < 4.78 is 5.59. The number of hydrogen-bond donors (Lipinski definition) is 0. The van der Waals surface area contributed by atoms with Crippen LogP contribution in [0.5, 0.6) is 0 Å². The lowest BCUT2D eigenvalue weighted by atomic mass is 9.96. The van der Waals surface area contributed by atoms with Crippen LogP contribution in [0.15, 0.2) is 42.5 Å². The molecule has 6 nitrogen and oxygen atoms in total. The molecule has 35 heavy (non-hydrogen) atoms. The van der Waals surface area contributed by atoms with Gasteiger partial charge in [0.1, 0.15) is 5.60 Å². The number of anilines is 1. The molecule has 2 aromatic carbocycles. The fourth-order valence-electron chi connectivity index (χ4n) is 4.14. The maximum absolute atomic E-state index is 12.8. The maximum Gasteiger partial charge on any atom is 0.410 e. The number of Topliss-reactive ketones (excluding diaryl/α,β-unsaturated/α-hetero) is 1. The number of carbonyl (C=O) groups is 3. The second kappa shape index (κ2) is 11.7. The van der Waals surface area contributed by atoms with Gasteiger partial charge in [-0.05, 0) is 81.8 Å². The Kier molecular flexibility index (Phi) is 8.95. The third kappa shape index (κ3) is 7.56. The van der Waals surface area contributed by atoms with Crippen molar-refractivity contribution in [2.75, 3.05) is 25.0 Å². The number of benzene rings is 2. The van der Waals surface area contributed by atoms with E-state index in [1.54, 1.807) is 22.9 Å². The second-order valence-corrected chi connectivity index (χ2v) is 10.4. The summed E-state index contributed by atoms with van der Waals surface area (Å²) in [6, 6.07) is 13.2. The monoisotopic (exact) mass is 498 g/mol. The molecule has 0 spiro atoms. The lowest BCUT2D eigenvalue weighted by Crippen LogP contribution is -2.38. The number of aryl methyl sites for hydroxylation is 1. The van der Waals surface area contributed by atoms with Crippen molar-refractivity contribution >= 4 is 35.1 Å². The van der Waals surface area contributed by atoms with E-state index in [1.165, 1.54) is 0 Å². The highest BCUT2D eigenvalue weighted by Gasteiger charge is 2.23. The van der Waals surface area contributed by atoms with E-state index in [9.17, 15) is 14.4 Å². The van der Waals surface area contributed by atoms with Crippen LogP contribution in [0.4, 0.5) is 10.5 Å². The van der Waals surface area contributed by atoms with E-state index in [0.717, 1.165) is 16.8 Å². The highest BCUT2D eigenvalue weighted by Crippen LogP contribution is 2.28. The van der Waals surface area contributed by atoms with Crippen molar-refractivity contribution in [2.24, 2.45) is 0 Å². The van der Waals surface area contributed by atoms with Gasteiger partial charge in [-0.25, -0.2) is 4.79 Å². The number of amides is 2. The van der Waals surface area contributed by atoms with Gasteiger partial charge in [0.25, 0.3) is 0 Å². The molecular formula is C28H35ClN2O4. The van der Waals surface area contributed by atoms with Crippen LogP contribution < -0.4 is 4.90 Å². The van der Waals surface area contributed by atoms with Crippen LogP contribution in [0.1, 0.15) is 67.9 Å². The van der Waals surface area contributed by atoms with Crippen molar-refractivity contribution in [1.82, 2.24) is 4.90 Å². The largest absolute Gasteiger partial charge is 0.444 e. The molecule has 0 unspecified atom stereocenters. The number of unbranched alkanes of at least 4 members (excludes halogenated alkanes) is 1. The maximum atomic E-state index is 12.8. The minimum atomic E-state index is -0.583. The number of fused-ring (bicyclic) bond motifs is 1. The van der Waals surface area contributed by atoms with Gasteiger partial charge in [-0.3, -0.25) is 9.59 Å². The molecule has 0 bridgehead atoms. The first kappa shape index (κ1) is 26.7. The summed E-state index contributed by atoms with van der Waals surface area (Å²) in [5.74, 6) is 0.174. The van der Waals surface area contributed by atoms with E-state index < -0.39 is 5.60 Å². The van der Waals surface area contributed by atoms with Gasteiger partial charge >= 0.3 is 6.09 Å². The minimum absolute atomic E-state index is 0.0761. The molecule has 0 radical (unpaired) electrons. The van der Waals surface area contributed by atoms with Crippen molar-refractivity contribution in [1.29, 1.82) is 0 Å². The van der Waals surface area contributed by atoms with E-state index in [4.69, 9.17) is 16.3 Å². The molecule has 2 amide bonds. The van der Waals surface area contributed by atoms with E-state index in [-0.39, 0.29) is 17.8 Å². The highest BCUT2D eigenvalue weighted by molar-refractivity contribution is 6.31. The van der Waals surface area contributed by atoms with Gasteiger partial charge in [-0.15, -0.1) is 0 Å². The molecule has 0 saturated heterocycles. The van der Waals surface area contributed by atoms with Gasteiger partial charge in [0.2, 0.25) is 5.91 Å². The van der Waals surface area contributed by atoms with Gasteiger partial charge in [0.05, 0.1) is 0 Å². The van der Waals surface area contributed by atoms with Crippen molar-refractivity contribution in [3.63, 3.8) is 0 Å². The van der Waals surface area contributed by atoms with E-state index in [0.29, 0.717) is 62.2 Å². The third-order valence-corrected chi connectivity index (χ3v) is 6.46. The SMILES string of the molecule is CN1C(=O)CCc2cc(C(=O)CCCCN(CCc3ccccc3Cl)C(=O)OC(C)(C)C)ccc21. The molecule has 0 atom stereocenters. The zero-order valence-corrected chi connectivity index (χ0v) is 21.9. The average Bonchev–Trinajstić information content (AvgIpc) is 2.80. The molecule has 0 N–H and O–H groups in total. The molecular weight excluding hydrogens is 464 g/mol. The minimum Gasteiger partial charge on any atom is -0.444 e. The van der Waals surface area contributed by atoms with Crippen LogP contribution in [0.3, 0.4) is 0 Å². The quantitative estimate of drug-likeness (QED) is 0.310. The van der Waals surface area contributed by atoms with Crippen LogP contribution in [-0.4, -0.2) is 48.4 Å². The van der Waals surface area contributed by atoms with Crippen LogP contribution >= 0.6 is 11.6 Å². The molecule has 2 aromatic rings. The Morgan fingerprint density at radius 2 is 1.80 bits per heavy atom. The van der Waals surface area contributed by atoms with Crippen molar-refractivity contribution < 1.29 is 19.1 Å². The first-order valence-corrected chi connectivity index (χ1v) is 12.6. The molecule has 0 aliphatic carbocycles. The first-order chi connectivity index (χ1) is 16.5. The van der Waals surface area contributed by atoms with Gasteiger partial charge < -0.3 is 14.5 Å². The molecule has 3 rings (SSSR count). The predicted molar refractivity (Wildman–Crippen MR) is 139 cm³/mol. The third-order valence-electron chi connectivity index (χ3n) is 6.09. The normalized spacial score (nSPS) is 13.4. The lowest BCUT2D eigenvalue weighted by molar-refractivity contribution is -0.118. The summed E-state index contributed by atoms with van der Waals surface area (Å²) in [5, 5.41) is 0.683. The van der Waals surface area contributed by atoms with Gasteiger partial charge in [0.15, 0.2) is 5.78 Å². The fourth-order valence-corrected chi connectivity index (χ4v) is 4.37. The van der Waals surface area contributed by atoms with Crippen molar-refractivity contribution in [3.8, 4) is 0 Å². The number of ether oxygens (including phenoxy) is 1. The summed E-state index contributed by atoms with van der Waals surface area (Å²) >= 11 is 6.28. The summed E-state index contributed by atoms with van der Waals surface area (Å²) in [4.78, 5) is 40.8. The Morgan fingerprint density at radius 3 is 2.51 bits per heavy atom. The number of nitrogens with zero attached hydrogens (tertiary/aromatic N) is 2. The summed E-state index contributed by atoms with van der Waals surface area (Å²) in [6.45, 7) is 6.54. The van der Waals surface area contributed by atoms with Crippen LogP contribution in [0, 0.1) is 0 Å². The molecule has 1 aliphatic rings.